The van der Waals surface area contributed by atoms with Gasteiger partial charge in [0.05, 0.1) is 6.42 Å². The van der Waals surface area contributed by atoms with Gasteiger partial charge >= 0.3 is 0 Å². The molecule has 1 aromatic heterocycles. The first kappa shape index (κ1) is 11.7. The highest BCUT2D eigenvalue weighted by molar-refractivity contribution is 6.15. The lowest BCUT2D eigenvalue weighted by molar-refractivity contribution is -0.135. The first-order valence-electron chi connectivity index (χ1n) is 6.13. The van der Waals surface area contributed by atoms with Gasteiger partial charge in [0.2, 0.25) is 5.91 Å². The van der Waals surface area contributed by atoms with Crippen LogP contribution in [0.25, 0.3) is 17.0 Å². The third-order valence-corrected chi connectivity index (χ3v) is 3.55. The fourth-order valence-electron chi connectivity index (χ4n) is 2.39. The summed E-state index contributed by atoms with van der Waals surface area (Å²) in [5, 5.41) is 1.13. The second-order valence-corrected chi connectivity index (χ2v) is 4.85. The molecule has 0 spiro atoms. The van der Waals surface area contributed by atoms with Crippen molar-refractivity contribution in [3.8, 4) is 0 Å². The summed E-state index contributed by atoms with van der Waals surface area (Å²) in [6, 6.07) is 8.04. The number of likely N-dealkylation sites (N-methyl/N-ethyl adjacent to an activating group) is 1. The van der Waals surface area contributed by atoms with E-state index in [9.17, 15) is 9.59 Å². The van der Waals surface area contributed by atoms with Crippen molar-refractivity contribution in [2.24, 2.45) is 7.05 Å². The van der Waals surface area contributed by atoms with E-state index in [-0.39, 0.29) is 18.2 Å². The third kappa shape index (κ3) is 1.85. The molecule has 4 nitrogen and oxygen atoms in total. The normalized spacial score (nSPS) is 18.0. The number of carbonyl (C=O) groups is 2. The Labute approximate surface area is 110 Å². The summed E-state index contributed by atoms with van der Waals surface area (Å²) >= 11 is 0. The van der Waals surface area contributed by atoms with Gasteiger partial charge in [-0.3, -0.25) is 14.5 Å². The van der Waals surface area contributed by atoms with Gasteiger partial charge in [-0.25, -0.2) is 0 Å². The average molecular weight is 254 g/mol. The molecule has 2 heterocycles. The molecule has 3 rings (SSSR count). The summed E-state index contributed by atoms with van der Waals surface area (Å²) in [6.07, 6.45) is 4.00. The number of benzene rings is 1. The maximum Gasteiger partial charge on any atom is 0.256 e. The van der Waals surface area contributed by atoms with Crippen molar-refractivity contribution in [1.29, 1.82) is 0 Å². The van der Waals surface area contributed by atoms with Crippen molar-refractivity contribution in [3.63, 3.8) is 0 Å². The molecule has 1 aliphatic heterocycles. The molecule has 1 fully saturated rings. The van der Waals surface area contributed by atoms with Gasteiger partial charge in [0, 0.05) is 36.8 Å². The van der Waals surface area contributed by atoms with Crippen LogP contribution < -0.4 is 0 Å². The second kappa shape index (κ2) is 4.09. The number of amides is 2. The summed E-state index contributed by atoms with van der Waals surface area (Å²) < 4.78 is 2.05. The molecule has 19 heavy (non-hydrogen) atoms. The molecule has 1 aliphatic rings. The Hall–Kier alpha value is -2.36. The Kier molecular flexibility index (Phi) is 2.52. The highest BCUT2D eigenvalue weighted by atomic mass is 16.2. The van der Waals surface area contributed by atoms with Crippen LogP contribution in [0, 0.1) is 0 Å². The fourth-order valence-corrected chi connectivity index (χ4v) is 2.39. The first-order chi connectivity index (χ1) is 9.06. The highest BCUT2D eigenvalue weighted by Gasteiger charge is 2.30. The van der Waals surface area contributed by atoms with Crippen molar-refractivity contribution in [1.82, 2.24) is 9.47 Å². The number of aryl methyl sites for hydroxylation is 1. The quantitative estimate of drug-likeness (QED) is 0.576. The molecule has 2 amide bonds. The predicted octanol–water partition coefficient (Wildman–Crippen LogP) is 1.95. The fraction of sp³-hybridized carbons (Fsp3) is 0.200. The Bertz CT molecular complexity index is 725. The maximum absolute atomic E-state index is 11.8. The molecule has 0 N–H and O–H groups in total. The van der Waals surface area contributed by atoms with E-state index in [1.807, 2.05) is 42.1 Å². The molecule has 1 aromatic carbocycles. The van der Waals surface area contributed by atoms with Crippen molar-refractivity contribution >= 4 is 28.8 Å². The lowest BCUT2D eigenvalue weighted by atomic mass is 10.1. The molecule has 0 saturated carbocycles. The minimum absolute atomic E-state index is 0.142. The van der Waals surface area contributed by atoms with Crippen LogP contribution in [0.15, 0.2) is 36.0 Å². The third-order valence-electron chi connectivity index (χ3n) is 3.55. The largest absolute Gasteiger partial charge is 0.351 e. The number of hydrogen-bond donors (Lipinski definition) is 0. The Morgan fingerprint density at radius 3 is 2.63 bits per heavy atom. The van der Waals surface area contributed by atoms with Gasteiger partial charge in [-0.05, 0) is 29.8 Å². The Morgan fingerprint density at radius 2 is 1.95 bits per heavy atom. The van der Waals surface area contributed by atoms with Crippen LogP contribution in [0.1, 0.15) is 12.0 Å². The van der Waals surface area contributed by atoms with Crippen LogP contribution in [0.2, 0.25) is 0 Å². The molecular formula is C15H14N2O2. The van der Waals surface area contributed by atoms with Crippen molar-refractivity contribution in [3.05, 3.63) is 41.6 Å². The topological polar surface area (TPSA) is 42.3 Å². The van der Waals surface area contributed by atoms with Gasteiger partial charge < -0.3 is 4.57 Å². The number of carbonyl (C=O) groups excluding carboxylic acids is 2. The Morgan fingerprint density at radius 1 is 1.16 bits per heavy atom. The van der Waals surface area contributed by atoms with E-state index in [1.165, 1.54) is 11.9 Å². The average Bonchev–Trinajstić information content (AvgIpc) is 2.87. The summed E-state index contributed by atoms with van der Waals surface area (Å²) in [4.78, 5) is 24.5. The molecule has 1 saturated heterocycles. The van der Waals surface area contributed by atoms with E-state index >= 15 is 0 Å². The number of nitrogens with zero attached hydrogens (tertiary/aromatic N) is 2. The summed E-state index contributed by atoms with van der Waals surface area (Å²) in [5.41, 5.74) is 2.65. The van der Waals surface area contributed by atoms with Gasteiger partial charge in [-0.1, -0.05) is 6.07 Å². The molecule has 0 radical (unpaired) electrons. The SMILES string of the molecule is CN1C(=O)C/C(=C\c2ccc3c(ccn3C)c2)C1=O. The van der Waals surface area contributed by atoms with Crippen LogP contribution in [-0.2, 0) is 16.6 Å². The molecular weight excluding hydrogens is 240 g/mol. The van der Waals surface area contributed by atoms with Crippen LogP contribution >= 0.6 is 0 Å². The van der Waals surface area contributed by atoms with E-state index in [4.69, 9.17) is 0 Å². The van der Waals surface area contributed by atoms with Crippen LogP contribution in [0.3, 0.4) is 0 Å². The lowest BCUT2D eigenvalue weighted by Gasteiger charge is -2.03. The molecule has 0 bridgehead atoms. The first-order valence-corrected chi connectivity index (χ1v) is 6.13. The predicted molar refractivity (Wildman–Crippen MR) is 73.3 cm³/mol. The lowest BCUT2D eigenvalue weighted by Crippen LogP contribution is -2.23. The van der Waals surface area contributed by atoms with Crippen LogP contribution in [-0.4, -0.2) is 28.3 Å². The van der Waals surface area contributed by atoms with E-state index in [2.05, 4.69) is 0 Å². The highest BCUT2D eigenvalue weighted by Crippen LogP contribution is 2.22. The van der Waals surface area contributed by atoms with E-state index < -0.39 is 0 Å². The molecule has 0 unspecified atom stereocenters. The van der Waals surface area contributed by atoms with Crippen molar-refractivity contribution in [2.75, 3.05) is 7.05 Å². The van der Waals surface area contributed by atoms with E-state index in [1.54, 1.807) is 6.08 Å². The standard InChI is InChI=1S/C15H14N2O2/c1-16-6-5-11-7-10(3-4-13(11)16)8-12-9-14(18)17(2)15(12)19/h3-8H,9H2,1-2H3/b12-8+. The molecule has 96 valence electrons. The van der Waals surface area contributed by atoms with Gasteiger partial charge in [-0.15, -0.1) is 0 Å². The second-order valence-electron chi connectivity index (χ2n) is 4.85. The number of imide groups is 1. The minimum Gasteiger partial charge on any atom is -0.351 e. The van der Waals surface area contributed by atoms with E-state index in [0.717, 1.165) is 16.5 Å². The number of likely N-dealkylation sites (tertiary alicyclic amines) is 1. The monoisotopic (exact) mass is 254 g/mol. The van der Waals surface area contributed by atoms with Gasteiger partial charge in [0.1, 0.15) is 0 Å². The zero-order valence-corrected chi connectivity index (χ0v) is 10.9. The molecule has 2 aromatic rings. The zero-order chi connectivity index (χ0) is 13.6. The van der Waals surface area contributed by atoms with Crippen molar-refractivity contribution < 1.29 is 9.59 Å². The maximum atomic E-state index is 11.8. The number of aromatic nitrogens is 1. The van der Waals surface area contributed by atoms with Gasteiger partial charge in [-0.2, -0.15) is 0 Å². The van der Waals surface area contributed by atoms with Gasteiger partial charge in [0.15, 0.2) is 0 Å². The summed E-state index contributed by atoms with van der Waals surface area (Å²) in [7, 11) is 3.51. The molecule has 0 aliphatic carbocycles. The Balaban J connectivity index is 2.01. The molecule has 0 atom stereocenters. The smallest absolute Gasteiger partial charge is 0.256 e. The number of fused-ring (bicyclic) bond motifs is 1. The van der Waals surface area contributed by atoms with Crippen LogP contribution in [0.4, 0.5) is 0 Å². The van der Waals surface area contributed by atoms with Crippen LogP contribution in [0.5, 0.6) is 0 Å². The number of rotatable bonds is 1. The number of hydrogen-bond acceptors (Lipinski definition) is 2. The van der Waals surface area contributed by atoms with E-state index in [0.29, 0.717) is 5.57 Å². The molecule has 4 heteroatoms. The summed E-state index contributed by atoms with van der Waals surface area (Å²) in [5.74, 6) is -0.338. The summed E-state index contributed by atoms with van der Waals surface area (Å²) in [6.45, 7) is 0. The minimum atomic E-state index is -0.196. The van der Waals surface area contributed by atoms with Gasteiger partial charge in [0.25, 0.3) is 5.91 Å². The zero-order valence-electron chi connectivity index (χ0n) is 10.9. The van der Waals surface area contributed by atoms with Crippen molar-refractivity contribution in [2.45, 2.75) is 6.42 Å².